The molecule has 0 unspecified atom stereocenters. The molecular weight excluding hydrogens is 540 g/mol. The zero-order valence-electron chi connectivity index (χ0n) is 27.5. The summed E-state index contributed by atoms with van der Waals surface area (Å²) in [5.41, 5.74) is 2.84. The Kier molecular flexibility index (Phi) is 23.6. The van der Waals surface area contributed by atoms with Crippen LogP contribution in [0.5, 0.6) is 0 Å². The normalized spacial score (nSPS) is 11.2. The molecule has 0 aromatic heterocycles. The number of nitrogens with zero attached hydrogens (tertiary/aromatic N) is 4. The van der Waals surface area contributed by atoms with Crippen LogP contribution in [0, 0.1) is 22.7 Å². The number of benzene rings is 2. The molecule has 2 N–H and O–H groups in total. The Balaban J connectivity index is 1.65. The monoisotopic (exact) mass is 600 g/mol. The average Bonchev–Trinajstić information content (AvgIpc) is 3.05. The van der Waals surface area contributed by atoms with Gasteiger partial charge >= 0.3 is 0 Å². The maximum absolute atomic E-state index is 8.64. The number of hydrogen-bond donors (Lipinski definition) is 2. The summed E-state index contributed by atoms with van der Waals surface area (Å²) in [5.74, 6) is 0. The van der Waals surface area contributed by atoms with E-state index in [0.717, 1.165) is 39.3 Å². The highest BCUT2D eigenvalue weighted by Crippen LogP contribution is 2.13. The first kappa shape index (κ1) is 37.4. The van der Waals surface area contributed by atoms with Gasteiger partial charge in [-0.2, -0.15) is 10.5 Å². The summed E-state index contributed by atoms with van der Waals surface area (Å²) in [7, 11) is 0. The Morgan fingerprint density at radius 3 is 1.11 bits per heavy atom. The van der Waals surface area contributed by atoms with Crippen molar-refractivity contribution in [3.05, 3.63) is 71.8 Å². The summed E-state index contributed by atoms with van der Waals surface area (Å²) in [6.45, 7) is 10.5. The summed E-state index contributed by atoms with van der Waals surface area (Å²) in [6, 6.07) is 26.3. The summed E-state index contributed by atoms with van der Waals surface area (Å²) < 4.78 is 0. The fourth-order valence-corrected chi connectivity index (χ4v) is 5.66. The van der Waals surface area contributed by atoms with E-state index in [4.69, 9.17) is 10.5 Å². The Morgan fingerprint density at radius 2 is 0.773 bits per heavy atom. The fourth-order valence-electron chi connectivity index (χ4n) is 5.66. The second kappa shape index (κ2) is 27.8. The number of nitriles is 2. The molecule has 0 amide bonds. The summed E-state index contributed by atoms with van der Waals surface area (Å²) >= 11 is 0. The molecule has 242 valence electrons. The molecule has 0 saturated heterocycles. The van der Waals surface area contributed by atoms with Gasteiger partial charge in [-0.1, -0.05) is 99.2 Å². The molecule has 0 bridgehead atoms. The van der Waals surface area contributed by atoms with Crippen molar-refractivity contribution >= 4 is 0 Å². The van der Waals surface area contributed by atoms with E-state index < -0.39 is 0 Å². The third-order valence-corrected chi connectivity index (χ3v) is 8.18. The quantitative estimate of drug-likeness (QED) is 0.0933. The molecule has 2 aromatic rings. The topological polar surface area (TPSA) is 78.1 Å². The Labute approximate surface area is 269 Å². The molecule has 0 heterocycles. The van der Waals surface area contributed by atoms with Crippen LogP contribution in [-0.4, -0.2) is 62.2 Å². The molecular formula is C38H60N6. The van der Waals surface area contributed by atoms with Gasteiger partial charge in [0.25, 0.3) is 0 Å². The van der Waals surface area contributed by atoms with E-state index >= 15 is 0 Å². The van der Waals surface area contributed by atoms with E-state index in [-0.39, 0.29) is 0 Å². The summed E-state index contributed by atoms with van der Waals surface area (Å²) in [4.78, 5) is 5.34. The van der Waals surface area contributed by atoms with Crippen LogP contribution < -0.4 is 10.6 Å². The predicted molar refractivity (Wildman–Crippen MR) is 185 cm³/mol. The van der Waals surface area contributed by atoms with Crippen molar-refractivity contribution in [1.82, 2.24) is 20.4 Å². The van der Waals surface area contributed by atoms with Crippen molar-refractivity contribution in [2.45, 2.75) is 103 Å². The highest BCUT2D eigenvalue weighted by atomic mass is 15.1. The standard InChI is InChI=1S/C38H60N6/c39-25-19-29-41-27-13-1-3-15-31-43(35-37-21-9-7-10-22-37)33-17-5-6-18-34-44(36-38-23-11-8-12-24-38)32-16-4-2-14-28-42-30-20-26-40/h7-12,21-24,41-42H,1-6,13-20,27-36H2. The van der Waals surface area contributed by atoms with Crippen molar-refractivity contribution in [1.29, 1.82) is 10.5 Å². The van der Waals surface area contributed by atoms with Crippen LogP contribution in [0.2, 0.25) is 0 Å². The lowest BCUT2D eigenvalue weighted by Crippen LogP contribution is -2.26. The zero-order chi connectivity index (χ0) is 31.2. The van der Waals surface area contributed by atoms with Crippen LogP contribution in [0.1, 0.15) is 101 Å². The smallest absolute Gasteiger partial charge is 0.0635 e. The zero-order valence-corrected chi connectivity index (χ0v) is 27.5. The van der Waals surface area contributed by atoms with E-state index in [2.05, 4.69) is 93.2 Å². The van der Waals surface area contributed by atoms with Gasteiger partial charge in [0.2, 0.25) is 0 Å². The van der Waals surface area contributed by atoms with Crippen LogP contribution in [0.4, 0.5) is 0 Å². The molecule has 2 rings (SSSR count). The lowest BCUT2D eigenvalue weighted by Gasteiger charge is -2.24. The highest BCUT2D eigenvalue weighted by Gasteiger charge is 2.08. The minimum absolute atomic E-state index is 0.603. The van der Waals surface area contributed by atoms with Crippen LogP contribution in [0.3, 0.4) is 0 Å². The first-order valence-corrected chi connectivity index (χ1v) is 17.5. The molecule has 0 spiro atoms. The van der Waals surface area contributed by atoms with Gasteiger partial charge in [-0.3, -0.25) is 9.80 Å². The van der Waals surface area contributed by atoms with E-state index in [1.165, 1.54) is 114 Å². The van der Waals surface area contributed by atoms with Crippen LogP contribution in [0.15, 0.2) is 60.7 Å². The molecule has 0 aliphatic carbocycles. The number of nitrogens with one attached hydrogen (secondary N) is 2. The number of rotatable bonds is 29. The maximum Gasteiger partial charge on any atom is 0.0635 e. The highest BCUT2D eigenvalue weighted by molar-refractivity contribution is 5.15. The minimum Gasteiger partial charge on any atom is -0.316 e. The Bertz CT molecular complexity index is 902. The van der Waals surface area contributed by atoms with Crippen LogP contribution in [0.25, 0.3) is 0 Å². The van der Waals surface area contributed by atoms with Crippen LogP contribution in [-0.2, 0) is 13.1 Å². The minimum atomic E-state index is 0.603. The van der Waals surface area contributed by atoms with E-state index in [0.29, 0.717) is 12.8 Å². The molecule has 0 fully saturated rings. The van der Waals surface area contributed by atoms with Crippen molar-refractivity contribution < 1.29 is 0 Å². The molecule has 0 aliphatic rings. The van der Waals surface area contributed by atoms with Gasteiger partial charge in [0.1, 0.15) is 0 Å². The van der Waals surface area contributed by atoms with E-state index in [1.54, 1.807) is 0 Å². The first-order chi connectivity index (χ1) is 21.8. The van der Waals surface area contributed by atoms with Crippen LogP contribution >= 0.6 is 0 Å². The molecule has 0 saturated carbocycles. The molecule has 6 heteroatoms. The molecule has 0 aliphatic heterocycles. The largest absolute Gasteiger partial charge is 0.316 e. The lowest BCUT2D eigenvalue weighted by molar-refractivity contribution is 0.242. The molecule has 0 radical (unpaired) electrons. The van der Waals surface area contributed by atoms with Gasteiger partial charge in [-0.15, -0.1) is 0 Å². The maximum atomic E-state index is 8.64. The molecule has 0 atom stereocenters. The molecule has 2 aromatic carbocycles. The third kappa shape index (κ3) is 21.0. The lowest BCUT2D eigenvalue weighted by atomic mass is 10.1. The summed E-state index contributed by atoms with van der Waals surface area (Å²) in [5, 5.41) is 24.0. The van der Waals surface area contributed by atoms with Gasteiger partial charge in [0.05, 0.1) is 12.1 Å². The fraction of sp³-hybridized carbons (Fsp3) is 0.632. The van der Waals surface area contributed by atoms with Gasteiger partial charge in [-0.25, -0.2) is 0 Å². The van der Waals surface area contributed by atoms with Crippen molar-refractivity contribution in [2.24, 2.45) is 0 Å². The molecule has 44 heavy (non-hydrogen) atoms. The van der Waals surface area contributed by atoms with Crippen molar-refractivity contribution in [3.63, 3.8) is 0 Å². The predicted octanol–water partition coefficient (Wildman–Crippen LogP) is 7.68. The molecule has 6 nitrogen and oxygen atoms in total. The third-order valence-electron chi connectivity index (χ3n) is 8.18. The SMILES string of the molecule is N#CCCNCCCCCCN(CCCCCCN(CCCCCCNCCC#N)Cc1ccccc1)Cc1ccccc1. The number of hydrogen-bond acceptors (Lipinski definition) is 6. The second-order valence-corrected chi connectivity index (χ2v) is 12.1. The van der Waals surface area contributed by atoms with Crippen molar-refractivity contribution in [2.75, 3.05) is 52.4 Å². The van der Waals surface area contributed by atoms with Crippen molar-refractivity contribution in [3.8, 4) is 12.1 Å². The van der Waals surface area contributed by atoms with E-state index in [1.807, 2.05) is 0 Å². The van der Waals surface area contributed by atoms with Gasteiger partial charge in [-0.05, 0) is 88.9 Å². The first-order valence-electron chi connectivity index (χ1n) is 17.5. The Morgan fingerprint density at radius 1 is 0.432 bits per heavy atom. The van der Waals surface area contributed by atoms with E-state index in [9.17, 15) is 0 Å². The summed E-state index contributed by atoms with van der Waals surface area (Å²) in [6.07, 6.45) is 16.4. The number of unbranched alkanes of at least 4 members (excludes halogenated alkanes) is 9. The van der Waals surface area contributed by atoms with Gasteiger partial charge < -0.3 is 10.6 Å². The van der Waals surface area contributed by atoms with Gasteiger partial charge in [0.15, 0.2) is 0 Å². The average molecular weight is 601 g/mol. The van der Waals surface area contributed by atoms with Gasteiger partial charge in [0, 0.05) is 39.0 Å². The second-order valence-electron chi connectivity index (χ2n) is 12.1. The Hall–Kier alpha value is -2.74.